The summed E-state index contributed by atoms with van der Waals surface area (Å²) in [5.74, 6) is 2.54. The van der Waals surface area contributed by atoms with Crippen LogP contribution in [0.2, 0.25) is 0 Å². The highest BCUT2D eigenvalue weighted by Gasteiger charge is 2.47. The fourth-order valence-corrected chi connectivity index (χ4v) is 4.87. The van der Waals surface area contributed by atoms with E-state index in [1.54, 1.807) is 18.6 Å². The van der Waals surface area contributed by atoms with Crippen LogP contribution in [0.15, 0.2) is 70.9 Å². The lowest BCUT2D eigenvalue weighted by Crippen LogP contribution is -2.58. The number of nitrogens with zero attached hydrogens (tertiary/aromatic N) is 6. The van der Waals surface area contributed by atoms with Gasteiger partial charge in [0.1, 0.15) is 0 Å². The molecule has 0 bridgehead atoms. The highest BCUT2D eigenvalue weighted by Crippen LogP contribution is 2.45. The molecule has 2 aliphatic heterocycles. The minimum atomic E-state index is -0.0628. The van der Waals surface area contributed by atoms with Crippen molar-refractivity contribution in [3.63, 3.8) is 0 Å². The molecule has 5 heterocycles. The van der Waals surface area contributed by atoms with E-state index in [4.69, 9.17) is 14.4 Å². The Bertz CT molecular complexity index is 1320. The maximum Gasteiger partial charge on any atom is 0.411 e. The number of fused-ring (bicyclic) bond motifs is 4. The average molecular weight is 408 g/mol. The second kappa shape index (κ2) is 6.60. The third-order valence-corrected chi connectivity index (χ3v) is 6.16. The molecule has 31 heavy (non-hydrogen) atoms. The molecule has 6 rings (SSSR count). The number of allylic oxidation sites excluding steroid dienone is 1. The van der Waals surface area contributed by atoms with Gasteiger partial charge in [0.2, 0.25) is 5.71 Å². The summed E-state index contributed by atoms with van der Waals surface area (Å²) in [7, 11) is 2.07. The second-order valence-electron chi connectivity index (χ2n) is 8.00. The van der Waals surface area contributed by atoms with E-state index in [0.29, 0.717) is 5.71 Å². The maximum absolute atomic E-state index is 6.17. The van der Waals surface area contributed by atoms with E-state index in [2.05, 4.69) is 64.7 Å². The first-order valence-electron chi connectivity index (χ1n) is 10.4. The Morgan fingerprint density at radius 2 is 1.71 bits per heavy atom. The molecule has 0 fully saturated rings. The topological polar surface area (TPSA) is 61.5 Å². The van der Waals surface area contributed by atoms with Crippen LogP contribution in [-0.2, 0) is 0 Å². The Hall–Kier alpha value is -3.81. The Morgan fingerprint density at radius 3 is 2.52 bits per heavy atom. The number of hydrogen-bond acceptors (Lipinski definition) is 7. The molecular weight excluding hydrogens is 387 g/mol. The van der Waals surface area contributed by atoms with Crippen LogP contribution >= 0.6 is 0 Å². The van der Waals surface area contributed by atoms with E-state index in [1.807, 2.05) is 24.3 Å². The standard InChI is InChI=1S/C23H21BN6O/c1-15-14-19-18-10-7-11-27-22(18)31-23(19)28(3)24(15)30-16(2)29(17-8-5-4-6-9-17)20-21(30)26-13-12-25-20/h4-14,16H,1-3H3/t16-/m0/s1. The van der Waals surface area contributed by atoms with Crippen molar-refractivity contribution in [2.45, 2.75) is 20.0 Å². The summed E-state index contributed by atoms with van der Waals surface area (Å²) in [5.41, 5.74) is 4.03. The van der Waals surface area contributed by atoms with Crippen LogP contribution < -0.4 is 14.5 Å². The Morgan fingerprint density at radius 1 is 0.935 bits per heavy atom. The fraction of sp³-hybridized carbons (Fsp3) is 0.174. The van der Waals surface area contributed by atoms with Gasteiger partial charge in [-0.25, -0.2) is 15.0 Å². The molecule has 2 aliphatic rings. The van der Waals surface area contributed by atoms with Crippen LogP contribution in [0.4, 0.5) is 23.2 Å². The Balaban J connectivity index is 1.49. The van der Waals surface area contributed by atoms with E-state index in [1.165, 1.54) is 5.47 Å². The van der Waals surface area contributed by atoms with Gasteiger partial charge in [-0.1, -0.05) is 29.7 Å². The molecule has 0 N–H and O–H groups in total. The normalized spacial score (nSPS) is 17.8. The Kier molecular flexibility index (Phi) is 3.83. The van der Waals surface area contributed by atoms with Crippen molar-refractivity contribution in [2.24, 2.45) is 0 Å². The lowest BCUT2D eigenvalue weighted by molar-refractivity contribution is 0.605. The van der Waals surface area contributed by atoms with Gasteiger partial charge in [-0.05, 0) is 45.2 Å². The van der Waals surface area contributed by atoms with Crippen molar-refractivity contribution in [1.82, 2.24) is 15.0 Å². The van der Waals surface area contributed by atoms with Gasteiger partial charge >= 0.3 is 6.98 Å². The number of para-hydroxylation sites is 1. The van der Waals surface area contributed by atoms with Gasteiger partial charge in [0, 0.05) is 35.2 Å². The molecule has 0 amide bonds. The predicted molar refractivity (Wildman–Crippen MR) is 124 cm³/mol. The maximum atomic E-state index is 6.17. The predicted octanol–water partition coefficient (Wildman–Crippen LogP) is 4.50. The lowest BCUT2D eigenvalue weighted by Gasteiger charge is -2.39. The Labute approximate surface area is 180 Å². The summed E-state index contributed by atoms with van der Waals surface area (Å²) in [6, 6.07) is 14.3. The van der Waals surface area contributed by atoms with Crippen molar-refractivity contribution in [2.75, 3.05) is 21.6 Å². The molecular formula is C23H21BN6O. The van der Waals surface area contributed by atoms with E-state index >= 15 is 0 Å². The van der Waals surface area contributed by atoms with E-state index in [0.717, 1.165) is 34.2 Å². The minimum Gasteiger partial charge on any atom is -0.423 e. The molecule has 0 spiro atoms. The van der Waals surface area contributed by atoms with Gasteiger partial charge in [0.25, 0.3) is 0 Å². The highest BCUT2D eigenvalue weighted by molar-refractivity contribution is 6.75. The van der Waals surface area contributed by atoms with E-state index in [9.17, 15) is 0 Å². The molecule has 8 heteroatoms. The molecule has 1 atom stereocenters. The zero-order valence-corrected chi connectivity index (χ0v) is 17.6. The number of rotatable bonds is 2. The molecule has 3 aromatic heterocycles. The quantitative estimate of drug-likeness (QED) is 0.453. The van der Waals surface area contributed by atoms with E-state index < -0.39 is 0 Å². The zero-order chi connectivity index (χ0) is 21.1. The monoisotopic (exact) mass is 408 g/mol. The van der Waals surface area contributed by atoms with Crippen LogP contribution in [0, 0.1) is 0 Å². The zero-order valence-electron chi connectivity index (χ0n) is 17.6. The van der Waals surface area contributed by atoms with Gasteiger partial charge in [-0.3, -0.25) is 0 Å². The van der Waals surface area contributed by atoms with Crippen LogP contribution in [-0.4, -0.2) is 35.1 Å². The fourth-order valence-electron chi connectivity index (χ4n) is 4.87. The molecule has 0 saturated carbocycles. The molecule has 1 aromatic carbocycles. The SMILES string of the molecule is CC1=Cc2c(oc3ncccc23)N(C)B1N1c2nccnc2N(c2ccccc2)[C@@H]1C. The number of furan rings is 1. The van der Waals surface area contributed by atoms with E-state index in [-0.39, 0.29) is 13.1 Å². The molecule has 0 radical (unpaired) electrons. The molecule has 0 aliphatic carbocycles. The van der Waals surface area contributed by atoms with Crippen LogP contribution in [0.3, 0.4) is 0 Å². The van der Waals surface area contributed by atoms with Crippen LogP contribution in [0.1, 0.15) is 19.4 Å². The lowest BCUT2D eigenvalue weighted by atomic mass is 9.61. The summed E-state index contributed by atoms with van der Waals surface area (Å²) in [4.78, 5) is 20.6. The van der Waals surface area contributed by atoms with Crippen molar-refractivity contribution in [1.29, 1.82) is 0 Å². The van der Waals surface area contributed by atoms with Gasteiger partial charge in [0.05, 0.1) is 6.17 Å². The van der Waals surface area contributed by atoms with Crippen molar-refractivity contribution < 1.29 is 4.42 Å². The number of pyridine rings is 1. The summed E-state index contributed by atoms with van der Waals surface area (Å²) < 4.78 is 6.17. The summed E-state index contributed by atoms with van der Waals surface area (Å²) in [6.45, 7) is 4.28. The minimum absolute atomic E-state index is 0.0136. The summed E-state index contributed by atoms with van der Waals surface area (Å²) in [6.07, 6.45) is 7.49. The van der Waals surface area contributed by atoms with Crippen molar-refractivity contribution in [3.8, 4) is 0 Å². The first-order chi connectivity index (χ1) is 15.1. The van der Waals surface area contributed by atoms with Crippen LogP contribution in [0.5, 0.6) is 0 Å². The van der Waals surface area contributed by atoms with Crippen molar-refractivity contribution >= 4 is 47.4 Å². The highest BCUT2D eigenvalue weighted by atomic mass is 16.4. The number of aromatic nitrogens is 3. The smallest absolute Gasteiger partial charge is 0.411 e. The van der Waals surface area contributed by atoms with Gasteiger partial charge in [-0.2, -0.15) is 0 Å². The second-order valence-corrected chi connectivity index (χ2v) is 8.00. The largest absolute Gasteiger partial charge is 0.423 e. The van der Waals surface area contributed by atoms with Gasteiger partial charge in [-0.15, -0.1) is 0 Å². The van der Waals surface area contributed by atoms with Gasteiger partial charge < -0.3 is 18.9 Å². The third-order valence-electron chi connectivity index (χ3n) is 6.16. The third kappa shape index (κ3) is 2.51. The van der Waals surface area contributed by atoms with Crippen molar-refractivity contribution in [3.05, 3.63) is 72.1 Å². The number of benzene rings is 1. The molecule has 7 nitrogen and oxygen atoms in total. The molecule has 152 valence electrons. The van der Waals surface area contributed by atoms with Crippen LogP contribution in [0.25, 0.3) is 17.2 Å². The summed E-state index contributed by atoms with van der Waals surface area (Å²) >= 11 is 0. The summed E-state index contributed by atoms with van der Waals surface area (Å²) in [5, 5.41) is 1.03. The number of anilines is 4. The molecule has 0 unspecified atom stereocenters. The average Bonchev–Trinajstić information content (AvgIpc) is 3.30. The first-order valence-corrected chi connectivity index (χ1v) is 10.4. The molecule has 4 aromatic rings. The number of hydrogen-bond donors (Lipinski definition) is 0. The first kappa shape index (κ1) is 18.0. The van der Waals surface area contributed by atoms with Gasteiger partial charge in [0.15, 0.2) is 17.5 Å². The molecule has 0 saturated heterocycles.